The number of benzene rings is 9. The average molecular weight is 785 g/mol. The summed E-state index contributed by atoms with van der Waals surface area (Å²) in [5.41, 5.74) is 17.2. The molecule has 0 spiro atoms. The molecule has 0 unspecified atom stereocenters. The van der Waals surface area contributed by atoms with E-state index in [2.05, 4.69) is 217 Å². The van der Waals surface area contributed by atoms with Crippen LogP contribution in [-0.4, -0.2) is 4.57 Å². The maximum Gasteiger partial charge on any atom is 0.135 e. The zero-order valence-corrected chi connectivity index (χ0v) is 34.1. The normalized spacial score (nSPS) is 11.6. The Hall–Kier alpha value is -7.62. The van der Waals surface area contributed by atoms with Crippen LogP contribution in [0.2, 0.25) is 0 Å². The first-order valence-electron chi connectivity index (χ1n) is 21.4. The lowest BCUT2D eigenvalue weighted by Crippen LogP contribution is -2.09. The first kappa shape index (κ1) is 36.5. The summed E-state index contributed by atoms with van der Waals surface area (Å²) in [5.74, 6) is 0. The molecule has 292 valence electrons. The van der Waals surface area contributed by atoms with Crippen LogP contribution >= 0.6 is 0 Å². The molecule has 0 aliphatic heterocycles. The Balaban J connectivity index is 0.947. The number of anilines is 3. The molecule has 0 saturated heterocycles. The summed E-state index contributed by atoms with van der Waals surface area (Å²) in [6.45, 7) is 2.25. The van der Waals surface area contributed by atoms with Crippen LogP contribution < -0.4 is 4.90 Å². The lowest BCUT2D eigenvalue weighted by atomic mass is 10.0. The predicted molar refractivity (Wildman–Crippen MR) is 258 cm³/mol. The number of hydrogen-bond acceptors (Lipinski definition) is 2. The molecule has 0 radical (unpaired) electrons. The SMILES string of the molecule is CCCCc1ccc(-c2ccc(N(c3ccc(-c4cccc(-n5c6ccccc6c6ccccc65)c4)cc3)c3ccc(-c4ccc5oc6ccccc6c5c4)cc3)cc2)cc1. The van der Waals surface area contributed by atoms with Gasteiger partial charge < -0.3 is 13.9 Å². The largest absolute Gasteiger partial charge is 0.456 e. The number of fused-ring (bicyclic) bond motifs is 6. The number of nitrogens with zero attached hydrogens (tertiary/aromatic N) is 2. The van der Waals surface area contributed by atoms with E-state index < -0.39 is 0 Å². The third kappa shape index (κ3) is 6.75. The number of unbranched alkanes of at least 4 members (excludes halogenated alkanes) is 1. The second kappa shape index (κ2) is 15.5. The number of aryl methyl sites for hydroxylation is 1. The summed E-state index contributed by atoms with van der Waals surface area (Å²) in [6.07, 6.45) is 3.56. The number of furan rings is 1. The summed E-state index contributed by atoms with van der Waals surface area (Å²) in [6, 6.07) is 77.0. The van der Waals surface area contributed by atoms with Crippen LogP contribution in [-0.2, 0) is 6.42 Å². The van der Waals surface area contributed by atoms with E-state index in [4.69, 9.17) is 4.42 Å². The highest BCUT2D eigenvalue weighted by Crippen LogP contribution is 2.40. The van der Waals surface area contributed by atoms with Crippen LogP contribution in [0.25, 0.3) is 82.8 Å². The average Bonchev–Trinajstić information content (AvgIpc) is 3.87. The Kier molecular flexibility index (Phi) is 9.28. The number of hydrogen-bond donors (Lipinski definition) is 0. The lowest BCUT2D eigenvalue weighted by Gasteiger charge is -2.26. The lowest BCUT2D eigenvalue weighted by molar-refractivity contribution is 0.669. The summed E-state index contributed by atoms with van der Waals surface area (Å²) in [5, 5.41) is 4.80. The molecule has 2 heterocycles. The van der Waals surface area contributed by atoms with E-state index in [0.29, 0.717) is 0 Å². The van der Waals surface area contributed by atoms with E-state index in [1.165, 1.54) is 62.5 Å². The standard InChI is InChI=1S/C58H44N2O/c1-2-3-11-40-20-22-41(23-21-40)42-24-31-47(32-25-42)59(49-35-28-44(29-36-49)46-30-37-58-54(39-46)53-16-6-9-19-57(53)61-58)48-33-26-43(27-34-48)45-12-10-13-50(38-45)60-55-17-7-4-14-51(55)52-15-5-8-18-56(52)60/h4-10,12-39H,2-3,11H2,1H3. The van der Waals surface area contributed by atoms with Crippen LogP contribution in [0.1, 0.15) is 25.3 Å². The fourth-order valence-corrected chi connectivity index (χ4v) is 9.03. The second-order valence-corrected chi connectivity index (χ2v) is 16.0. The fourth-order valence-electron chi connectivity index (χ4n) is 9.03. The first-order chi connectivity index (χ1) is 30.2. The van der Waals surface area contributed by atoms with Crippen LogP contribution in [0.15, 0.2) is 217 Å². The molecule has 0 bridgehead atoms. The van der Waals surface area contributed by atoms with Crippen molar-refractivity contribution >= 4 is 60.8 Å². The van der Waals surface area contributed by atoms with Gasteiger partial charge in [0.05, 0.1) is 11.0 Å². The van der Waals surface area contributed by atoms with Gasteiger partial charge in [0.15, 0.2) is 0 Å². The van der Waals surface area contributed by atoms with Gasteiger partial charge in [-0.3, -0.25) is 0 Å². The van der Waals surface area contributed by atoms with E-state index in [1.54, 1.807) is 0 Å². The fraction of sp³-hybridized carbons (Fsp3) is 0.0690. The van der Waals surface area contributed by atoms with Gasteiger partial charge in [-0.2, -0.15) is 0 Å². The molecule has 61 heavy (non-hydrogen) atoms. The summed E-state index contributed by atoms with van der Waals surface area (Å²) in [7, 11) is 0. The van der Waals surface area contributed by atoms with Gasteiger partial charge in [-0.25, -0.2) is 0 Å². The molecule has 0 aliphatic rings. The monoisotopic (exact) mass is 784 g/mol. The van der Waals surface area contributed by atoms with Crippen molar-refractivity contribution in [2.24, 2.45) is 0 Å². The third-order valence-corrected chi connectivity index (χ3v) is 12.2. The third-order valence-electron chi connectivity index (χ3n) is 12.2. The van der Waals surface area contributed by atoms with Crippen molar-refractivity contribution in [3.63, 3.8) is 0 Å². The minimum Gasteiger partial charge on any atom is -0.456 e. The topological polar surface area (TPSA) is 21.3 Å². The maximum absolute atomic E-state index is 6.13. The van der Waals surface area contributed by atoms with Gasteiger partial charge in [-0.1, -0.05) is 147 Å². The molecule has 3 heteroatoms. The Bertz CT molecular complexity index is 3260. The van der Waals surface area contributed by atoms with Crippen molar-refractivity contribution in [1.29, 1.82) is 0 Å². The zero-order valence-electron chi connectivity index (χ0n) is 34.1. The summed E-state index contributed by atoms with van der Waals surface area (Å²) in [4.78, 5) is 2.35. The molecule has 9 aromatic carbocycles. The second-order valence-electron chi connectivity index (χ2n) is 16.0. The van der Waals surface area contributed by atoms with Crippen molar-refractivity contribution in [3.8, 4) is 39.1 Å². The van der Waals surface area contributed by atoms with Crippen LogP contribution in [0.3, 0.4) is 0 Å². The summed E-state index contributed by atoms with van der Waals surface area (Å²) < 4.78 is 8.51. The number of aromatic nitrogens is 1. The van der Waals surface area contributed by atoms with Gasteiger partial charge in [0.1, 0.15) is 11.2 Å². The van der Waals surface area contributed by atoms with Gasteiger partial charge in [0.2, 0.25) is 0 Å². The molecule has 3 nitrogen and oxygen atoms in total. The predicted octanol–water partition coefficient (Wildman–Crippen LogP) is 16.5. The van der Waals surface area contributed by atoms with Crippen molar-refractivity contribution < 1.29 is 4.42 Å². The Labute approximate surface area is 356 Å². The van der Waals surface area contributed by atoms with Crippen LogP contribution in [0.4, 0.5) is 17.1 Å². The van der Waals surface area contributed by atoms with E-state index in [9.17, 15) is 0 Å². The quantitative estimate of drug-likeness (QED) is 0.138. The van der Waals surface area contributed by atoms with E-state index in [1.807, 2.05) is 12.1 Å². The molecule has 0 atom stereocenters. The highest BCUT2D eigenvalue weighted by molar-refractivity contribution is 6.09. The van der Waals surface area contributed by atoms with Crippen LogP contribution in [0, 0.1) is 0 Å². The van der Waals surface area contributed by atoms with E-state index >= 15 is 0 Å². The molecule has 0 aliphatic carbocycles. The highest BCUT2D eigenvalue weighted by atomic mass is 16.3. The Morgan fingerprint density at radius 1 is 0.393 bits per heavy atom. The first-order valence-corrected chi connectivity index (χ1v) is 21.4. The van der Waals surface area contributed by atoms with Gasteiger partial charge in [-0.15, -0.1) is 0 Å². The van der Waals surface area contributed by atoms with Crippen molar-refractivity contribution in [1.82, 2.24) is 4.57 Å². The molecule has 0 amide bonds. The van der Waals surface area contributed by atoms with Crippen molar-refractivity contribution in [2.75, 3.05) is 4.90 Å². The maximum atomic E-state index is 6.13. The molecule has 0 saturated carbocycles. The molecule has 11 aromatic rings. The van der Waals surface area contributed by atoms with Gasteiger partial charge in [-0.05, 0) is 131 Å². The van der Waals surface area contributed by atoms with Gasteiger partial charge >= 0.3 is 0 Å². The van der Waals surface area contributed by atoms with Gasteiger partial charge in [0, 0.05) is 44.3 Å². The highest BCUT2D eigenvalue weighted by Gasteiger charge is 2.16. The van der Waals surface area contributed by atoms with Crippen molar-refractivity contribution in [2.45, 2.75) is 26.2 Å². The van der Waals surface area contributed by atoms with Crippen LogP contribution in [0.5, 0.6) is 0 Å². The Morgan fingerprint density at radius 3 is 1.46 bits per heavy atom. The van der Waals surface area contributed by atoms with E-state index in [-0.39, 0.29) is 0 Å². The molecule has 0 fully saturated rings. The Morgan fingerprint density at radius 2 is 0.869 bits per heavy atom. The van der Waals surface area contributed by atoms with Crippen molar-refractivity contribution in [3.05, 3.63) is 218 Å². The van der Waals surface area contributed by atoms with Gasteiger partial charge in [0.25, 0.3) is 0 Å². The molecular formula is C58H44N2O. The molecule has 2 aromatic heterocycles. The molecule has 11 rings (SSSR count). The smallest absolute Gasteiger partial charge is 0.135 e. The minimum atomic E-state index is 0.908. The zero-order chi connectivity index (χ0) is 40.7. The summed E-state index contributed by atoms with van der Waals surface area (Å²) >= 11 is 0. The minimum absolute atomic E-state index is 0.908. The van der Waals surface area contributed by atoms with E-state index in [0.717, 1.165) is 62.2 Å². The molecular weight excluding hydrogens is 741 g/mol. The number of para-hydroxylation sites is 3. The number of rotatable bonds is 10. The molecule has 0 N–H and O–H groups in total.